The topological polar surface area (TPSA) is 0 Å². The molecule has 0 saturated carbocycles. The molecule has 0 aliphatic carbocycles. The summed E-state index contributed by atoms with van der Waals surface area (Å²) in [6, 6.07) is 12.9. The molecule has 1 heterocycles. The molecule has 0 bridgehead atoms. The SMILES string of the molecule is Cc1ccc(C(Br)c2cccs2)cc1. The molecule has 0 amide bonds. The summed E-state index contributed by atoms with van der Waals surface area (Å²) in [6.07, 6.45) is 0. The van der Waals surface area contributed by atoms with Crippen molar-refractivity contribution in [1.29, 1.82) is 0 Å². The first-order valence-electron chi connectivity index (χ1n) is 4.51. The Morgan fingerprint density at radius 1 is 1.14 bits per heavy atom. The number of halogens is 1. The first-order valence-corrected chi connectivity index (χ1v) is 6.31. The van der Waals surface area contributed by atoms with E-state index < -0.39 is 0 Å². The van der Waals surface area contributed by atoms with E-state index in [9.17, 15) is 0 Å². The third-order valence-electron chi connectivity index (χ3n) is 2.16. The van der Waals surface area contributed by atoms with Gasteiger partial charge in [-0.2, -0.15) is 0 Å². The first-order chi connectivity index (χ1) is 6.77. The van der Waals surface area contributed by atoms with Crippen molar-refractivity contribution in [2.75, 3.05) is 0 Å². The minimum atomic E-state index is 0.336. The van der Waals surface area contributed by atoms with E-state index in [4.69, 9.17) is 0 Å². The maximum Gasteiger partial charge on any atom is 0.0738 e. The maximum absolute atomic E-state index is 3.71. The van der Waals surface area contributed by atoms with Gasteiger partial charge in [-0.3, -0.25) is 0 Å². The Bertz CT molecular complexity index is 389. The summed E-state index contributed by atoms with van der Waals surface area (Å²) < 4.78 is 0. The van der Waals surface area contributed by atoms with Gasteiger partial charge in [0.2, 0.25) is 0 Å². The highest BCUT2D eigenvalue weighted by molar-refractivity contribution is 9.09. The van der Waals surface area contributed by atoms with Gasteiger partial charge >= 0.3 is 0 Å². The van der Waals surface area contributed by atoms with Gasteiger partial charge in [-0.15, -0.1) is 11.3 Å². The van der Waals surface area contributed by atoms with Crippen LogP contribution < -0.4 is 0 Å². The average molecular weight is 267 g/mol. The van der Waals surface area contributed by atoms with Crippen LogP contribution in [0.2, 0.25) is 0 Å². The fourth-order valence-corrected chi connectivity index (χ4v) is 2.84. The summed E-state index contributed by atoms with van der Waals surface area (Å²) in [5, 5.41) is 2.11. The monoisotopic (exact) mass is 266 g/mol. The van der Waals surface area contributed by atoms with Crippen LogP contribution >= 0.6 is 27.3 Å². The molecule has 14 heavy (non-hydrogen) atoms. The fourth-order valence-electron chi connectivity index (χ4n) is 1.34. The van der Waals surface area contributed by atoms with Crippen molar-refractivity contribution in [1.82, 2.24) is 0 Å². The lowest BCUT2D eigenvalue weighted by atomic mass is 10.1. The molecule has 0 saturated heterocycles. The Kier molecular flexibility index (Phi) is 3.04. The zero-order valence-corrected chi connectivity index (χ0v) is 10.3. The highest BCUT2D eigenvalue weighted by Crippen LogP contribution is 2.33. The molecule has 1 unspecified atom stereocenters. The van der Waals surface area contributed by atoms with Crippen LogP contribution in [0, 0.1) is 6.92 Å². The molecule has 0 nitrogen and oxygen atoms in total. The summed E-state index contributed by atoms with van der Waals surface area (Å²) >= 11 is 5.49. The maximum atomic E-state index is 3.71. The van der Waals surface area contributed by atoms with Gasteiger partial charge in [-0.1, -0.05) is 51.8 Å². The number of thiophene rings is 1. The smallest absolute Gasteiger partial charge is 0.0738 e. The molecular weight excluding hydrogens is 256 g/mol. The molecule has 1 atom stereocenters. The van der Waals surface area contributed by atoms with E-state index in [2.05, 4.69) is 64.6 Å². The molecule has 2 heteroatoms. The first kappa shape index (κ1) is 9.94. The zero-order valence-electron chi connectivity index (χ0n) is 7.91. The van der Waals surface area contributed by atoms with Crippen LogP contribution in [0.3, 0.4) is 0 Å². The van der Waals surface area contributed by atoms with E-state index in [1.54, 1.807) is 11.3 Å². The summed E-state index contributed by atoms with van der Waals surface area (Å²) in [5.74, 6) is 0. The van der Waals surface area contributed by atoms with E-state index in [0.717, 1.165) is 0 Å². The summed E-state index contributed by atoms with van der Waals surface area (Å²) in [5.41, 5.74) is 2.62. The van der Waals surface area contributed by atoms with Crippen molar-refractivity contribution in [2.45, 2.75) is 11.8 Å². The Morgan fingerprint density at radius 3 is 2.43 bits per heavy atom. The third kappa shape index (κ3) is 2.07. The normalized spacial score (nSPS) is 12.7. The van der Waals surface area contributed by atoms with Crippen molar-refractivity contribution in [2.24, 2.45) is 0 Å². The molecular formula is C12H11BrS. The second-order valence-electron chi connectivity index (χ2n) is 3.29. The molecule has 0 aliphatic heterocycles. The van der Waals surface area contributed by atoms with Crippen molar-refractivity contribution >= 4 is 27.3 Å². The van der Waals surface area contributed by atoms with Crippen LogP contribution in [0.25, 0.3) is 0 Å². The van der Waals surface area contributed by atoms with Crippen LogP contribution in [0.15, 0.2) is 41.8 Å². The Hall–Kier alpha value is -0.600. The number of aryl methyl sites for hydroxylation is 1. The van der Waals surface area contributed by atoms with Crippen LogP contribution in [0.4, 0.5) is 0 Å². The molecule has 0 radical (unpaired) electrons. The largest absolute Gasteiger partial charge is 0.147 e. The quantitative estimate of drug-likeness (QED) is 0.701. The van der Waals surface area contributed by atoms with Crippen molar-refractivity contribution in [3.8, 4) is 0 Å². The highest BCUT2D eigenvalue weighted by atomic mass is 79.9. The number of hydrogen-bond acceptors (Lipinski definition) is 1. The van der Waals surface area contributed by atoms with E-state index in [1.807, 2.05) is 0 Å². The van der Waals surface area contributed by atoms with Gasteiger partial charge in [0.15, 0.2) is 0 Å². The van der Waals surface area contributed by atoms with Crippen LogP contribution in [-0.4, -0.2) is 0 Å². The van der Waals surface area contributed by atoms with Gasteiger partial charge in [0.05, 0.1) is 4.83 Å². The predicted octanol–water partition coefficient (Wildman–Crippen LogP) is 4.54. The molecule has 2 aromatic rings. The third-order valence-corrected chi connectivity index (χ3v) is 4.43. The second-order valence-corrected chi connectivity index (χ2v) is 5.18. The zero-order chi connectivity index (χ0) is 9.97. The fraction of sp³-hybridized carbons (Fsp3) is 0.167. The highest BCUT2D eigenvalue weighted by Gasteiger charge is 2.10. The van der Waals surface area contributed by atoms with Gasteiger partial charge < -0.3 is 0 Å². The molecule has 1 aromatic heterocycles. The van der Waals surface area contributed by atoms with Gasteiger partial charge in [0.25, 0.3) is 0 Å². The van der Waals surface area contributed by atoms with Crippen molar-refractivity contribution in [3.63, 3.8) is 0 Å². The molecule has 0 fully saturated rings. The summed E-state index contributed by atoms with van der Waals surface area (Å²) in [6.45, 7) is 2.11. The Balaban J connectivity index is 2.28. The molecule has 0 aliphatic rings. The van der Waals surface area contributed by atoms with Crippen molar-refractivity contribution in [3.05, 3.63) is 57.8 Å². The summed E-state index contributed by atoms with van der Waals surface area (Å²) in [7, 11) is 0. The molecule has 0 N–H and O–H groups in total. The number of alkyl halides is 1. The molecule has 2 rings (SSSR count). The lowest BCUT2D eigenvalue weighted by Crippen LogP contribution is -1.88. The van der Waals surface area contributed by atoms with Crippen LogP contribution in [-0.2, 0) is 0 Å². The molecule has 0 spiro atoms. The van der Waals surface area contributed by atoms with E-state index >= 15 is 0 Å². The number of hydrogen-bond donors (Lipinski definition) is 0. The van der Waals surface area contributed by atoms with Crippen LogP contribution in [0.1, 0.15) is 20.8 Å². The minimum Gasteiger partial charge on any atom is -0.147 e. The van der Waals surface area contributed by atoms with E-state index in [1.165, 1.54) is 16.0 Å². The van der Waals surface area contributed by atoms with Crippen molar-refractivity contribution < 1.29 is 0 Å². The standard InChI is InChI=1S/C12H11BrS/c1-9-4-6-10(7-5-9)12(13)11-3-2-8-14-11/h2-8,12H,1H3. The Morgan fingerprint density at radius 2 is 1.86 bits per heavy atom. The van der Waals surface area contributed by atoms with Gasteiger partial charge in [-0.05, 0) is 23.9 Å². The van der Waals surface area contributed by atoms with Gasteiger partial charge in [0.1, 0.15) is 0 Å². The summed E-state index contributed by atoms with van der Waals surface area (Å²) in [4.78, 5) is 1.69. The van der Waals surface area contributed by atoms with Crippen LogP contribution in [0.5, 0.6) is 0 Å². The minimum absolute atomic E-state index is 0.336. The van der Waals surface area contributed by atoms with Gasteiger partial charge in [-0.25, -0.2) is 0 Å². The number of rotatable bonds is 2. The Labute approximate surface area is 96.7 Å². The lowest BCUT2D eigenvalue weighted by molar-refractivity contribution is 1.22. The second kappa shape index (κ2) is 4.28. The lowest BCUT2D eigenvalue weighted by Gasteiger charge is -2.07. The number of benzene rings is 1. The molecule has 72 valence electrons. The van der Waals surface area contributed by atoms with Gasteiger partial charge in [0, 0.05) is 4.88 Å². The van der Waals surface area contributed by atoms with E-state index in [0.29, 0.717) is 4.83 Å². The molecule has 1 aromatic carbocycles. The average Bonchev–Trinajstić information content (AvgIpc) is 2.71. The predicted molar refractivity (Wildman–Crippen MR) is 66.3 cm³/mol. The van der Waals surface area contributed by atoms with E-state index in [-0.39, 0.29) is 0 Å².